The van der Waals surface area contributed by atoms with E-state index in [2.05, 4.69) is 33.8 Å². The minimum Gasteiger partial charge on any atom is -0.504 e. The Bertz CT molecular complexity index is 1180. The van der Waals surface area contributed by atoms with E-state index < -0.39 is 0 Å². The molecule has 0 saturated heterocycles. The Balaban J connectivity index is 1.83. The first-order valence-corrected chi connectivity index (χ1v) is 8.50. The summed E-state index contributed by atoms with van der Waals surface area (Å²) < 4.78 is 10.2. The summed E-state index contributed by atoms with van der Waals surface area (Å²) in [4.78, 5) is 14.9. The number of rotatable bonds is 3. The van der Waals surface area contributed by atoms with Crippen LogP contribution in [0.5, 0.6) is 17.2 Å². The fraction of sp³-hybridized carbons (Fsp3) is 0.0870. The summed E-state index contributed by atoms with van der Waals surface area (Å²) in [6.07, 6.45) is 3.28. The van der Waals surface area contributed by atoms with Crippen LogP contribution in [0.3, 0.4) is 0 Å². The maximum atomic E-state index is 10.7. The quantitative estimate of drug-likeness (QED) is 0.545. The van der Waals surface area contributed by atoms with Crippen molar-refractivity contribution in [2.24, 2.45) is 5.18 Å². The molecule has 0 aliphatic carbocycles. The molecule has 0 fully saturated rings. The second kappa shape index (κ2) is 9.07. The van der Waals surface area contributed by atoms with Crippen molar-refractivity contribution >= 4 is 5.69 Å². The molecule has 3 aromatic rings. The zero-order valence-electron chi connectivity index (χ0n) is 15.8. The van der Waals surface area contributed by atoms with E-state index in [1.54, 1.807) is 42.7 Å². The number of pyridine rings is 1. The summed E-state index contributed by atoms with van der Waals surface area (Å²) in [7, 11) is 2.95. The highest BCUT2D eigenvalue weighted by Crippen LogP contribution is 2.28. The van der Waals surface area contributed by atoms with Crippen molar-refractivity contribution in [2.45, 2.75) is 0 Å². The zero-order chi connectivity index (χ0) is 20.6. The Morgan fingerprint density at radius 3 is 1.93 bits per heavy atom. The molecule has 0 amide bonds. The lowest BCUT2D eigenvalue weighted by Crippen LogP contribution is -1.86. The minimum atomic E-state index is 0.0607. The van der Waals surface area contributed by atoms with Crippen LogP contribution in [0.4, 0.5) is 5.69 Å². The lowest BCUT2D eigenvalue weighted by molar-refractivity contribution is 0.373. The summed E-state index contributed by atoms with van der Waals surface area (Å²) >= 11 is 0. The van der Waals surface area contributed by atoms with Crippen LogP contribution >= 0.6 is 0 Å². The third-order valence-corrected chi connectivity index (χ3v) is 3.90. The number of nitroso groups, excluding NO2 is 1. The fourth-order valence-electron chi connectivity index (χ4n) is 2.45. The first-order valence-electron chi connectivity index (χ1n) is 8.50. The van der Waals surface area contributed by atoms with Crippen LogP contribution in [0.2, 0.25) is 0 Å². The second-order valence-electron chi connectivity index (χ2n) is 5.83. The molecule has 0 unspecified atom stereocenters. The van der Waals surface area contributed by atoms with Crippen molar-refractivity contribution in [3.05, 3.63) is 82.0 Å². The van der Waals surface area contributed by atoms with E-state index in [1.807, 2.05) is 6.07 Å². The Hall–Kier alpha value is -4.29. The molecule has 29 heavy (non-hydrogen) atoms. The Morgan fingerprint density at radius 1 is 0.793 bits per heavy atom. The summed E-state index contributed by atoms with van der Waals surface area (Å²) in [5.41, 5.74) is 3.00. The molecule has 0 saturated carbocycles. The van der Waals surface area contributed by atoms with E-state index in [9.17, 15) is 10.0 Å². The maximum Gasteiger partial charge on any atom is 0.161 e. The van der Waals surface area contributed by atoms with Crippen LogP contribution in [0.25, 0.3) is 0 Å². The molecule has 0 spiro atoms. The van der Waals surface area contributed by atoms with E-state index in [4.69, 9.17) is 9.47 Å². The molecule has 1 aromatic heterocycles. The Kier molecular flexibility index (Phi) is 6.09. The first kappa shape index (κ1) is 19.5. The van der Waals surface area contributed by atoms with Crippen LogP contribution in [0.1, 0.15) is 22.3 Å². The largest absolute Gasteiger partial charge is 0.504 e. The van der Waals surface area contributed by atoms with E-state index >= 15 is 0 Å². The molecule has 6 nitrogen and oxygen atoms in total. The normalized spacial score (nSPS) is 9.45. The average Bonchev–Trinajstić information content (AvgIpc) is 2.77. The van der Waals surface area contributed by atoms with E-state index in [0.29, 0.717) is 33.8 Å². The van der Waals surface area contributed by atoms with Crippen molar-refractivity contribution in [3.8, 4) is 40.9 Å². The standard InChI is InChI=1S/C23H16N2O4/c1-28-22-12-16(7-9-20(22)25-27)3-5-18-11-19(15-24-14-18)6-4-17-8-10-21(26)23(13-17)29-2/h7-15,26H,1-2H3. The topological polar surface area (TPSA) is 81.0 Å². The number of hydrogen-bond donors (Lipinski definition) is 1. The Morgan fingerprint density at radius 2 is 1.34 bits per heavy atom. The molecule has 6 heteroatoms. The lowest BCUT2D eigenvalue weighted by atomic mass is 10.1. The van der Waals surface area contributed by atoms with Gasteiger partial charge in [-0.15, -0.1) is 4.91 Å². The van der Waals surface area contributed by atoms with Crippen molar-refractivity contribution < 1.29 is 14.6 Å². The van der Waals surface area contributed by atoms with Gasteiger partial charge < -0.3 is 14.6 Å². The molecule has 0 bridgehead atoms. The molecule has 0 aliphatic heterocycles. The number of methoxy groups -OCH3 is 2. The van der Waals surface area contributed by atoms with E-state index in [1.165, 1.54) is 20.3 Å². The third kappa shape index (κ3) is 4.91. The SMILES string of the molecule is COc1cc(C#Cc2cncc(C#Cc3ccc(N=O)c(OC)c3)c2)ccc1O. The second-order valence-corrected chi connectivity index (χ2v) is 5.83. The zero-order valence-corrected chi connectivity index (χ0v) is 15.8. The highest BCUT2D eigenvalue weighted by molar-refractivity contribution is 5.57. The van der Waals surface area contributed by atoms with Crippen LogP contribution in [0, 0.1) is 28.6 Å². The summed E-state index contributed by atoms with van der Waals surface area (Å²) in [5, 5.41) is 12.5. The number of ether oxygens (including phenoxy) is 2. The number of hydrogen-bond acceptors (Lipinski definition) is 6. The van der Waals surface area contributed by atoms with Gasteiger partial charge in [-0.2, -0.15) is 0 Å². The molecule has 0 atom stereocenters. The average molecular weight is 384 g/mol. The molecule has 3 rings (SSSR count). The molecule has 0 aliphatic rings. The molecule has 0 radical (unpaired) electrons. The van der Waals surface area contributed by atoms with Crippen LogP contribution in [0.15, 0.2) is 60.0 Å². The van der Waals surface area contributed by atoms with Crippen LogP contribution < -0.4 is 9.47 Å². The number of aromatic hydroxyl groups is 1. The molecular formula is C23H16N2O4. The maximum absolute atomic E-state index is 10.7. The summed E-state index contributed by atoms with van der Waals surface area (Å²) in [6.45, 7) is 0. The predicted molar refractivity (Wildman–Crippen MR) is 109 cm³/mol. The van der Waals surface area contributed by atoms with Gasteiger partial charge in [-0.3, -0.25) is 4.98 Å². The van der Waals surface area contributed by atoms with Gasteiger partial charge in [-0.25, -0.2) is 0 Å². The number of phenolic OH excluding ortho intramolecular Hbond substituents is 1. The van der Waals surface area contributed by atoms with Gasteiger partial charge in [-0.1, -0.05) is 23.7 Å². The van der Waals surface area contributed by atoms with Gasteiger partial charge >= 0.3 is 0 Å². The van der Waals surface area contributed by atoms with Gasteiger partial charge in [0.15, 0.2) is 11.5 Å². The number of aromatic nitrogens is 1. The third-order valence-electron chi connectivity index (χ3n) is 3.90. The highest BCUT2D eigenvalue weighted by Gasteiger charge is 2.03. The van der Waals surface area contributed by atoms with Gasteiger partial charge in [0, 0.05) is 34.6 Å². The fourth-order valence-corrected chi connectivity index (χ4v) is 2.45. The molecule has 142 valence electrons. The van der Waals surface area contributed by atoms with Crippen LogP contribution in [-0.4, -0.2) is 24.3 Å². The van der Waals surface area contributed by atoms with E-state index in [0.717, 1.165) is 0 Å². The molecule has 1 heterocycles. The summed E-state index contributed by atoms with van der Waals surface area (Å²) in [6, 6.07) is 11.6. The summed E-state index contributed by atoms with van der Waals surface area (Å²) in [5.74, 6) is 12.8. The van der Waals surface area contributed by atoms with Crippen molar-refractivity contribution in [2.75, 3.05) is 14.2 Å². The lowest BCUT2D eigenvalue weighted by Gasteiger charge is -2.02. The van der Waals surface area contributed by atoms with Crippen LogP contribution in [-0.2, 0) is 0 Å². The number of nitrogens with zero attached hydrogens (tertiary/aromatic N) is 2. The smallest absolute Gasteiger partial charge is 0.161 e. The predicted octanol–water partition coefficient (Wildman–Crippen LogP) is 4.00. The Labute approximate surface area is 168 Å². The molecule has 2 aromatic carbocycles. The van der Waals surface area contributed by atoms with Gasteiger partial charge in [0.05, 0.1) is 14.2 Å². The van der Waals surface area contributed by atoms with Gasteiger partial charge in [0.25, 0.3) is 0 Å². The van der Waals surface area contributed by atoms with Gasteiger partial charge in [-0.05, 0) is 47.6 Å². The monoisotopic (exact) mass is 384 g/mol. The molecular weight excluding hydrogens is 368 g/mol. The highest BCUT2D eigenvalue weighted by atomic mass is 16.5. The number of benzene rings is 2. The minimum absolute atomic E-state index is 0.0607. The van der Waals surface area contributed by atoms with Crippen molar-refractivity contribution in [3.63, 3.8) is 0 Å². The number of phenols is 1. The van der Waals surface area contributed by atoms with E-state index in [-0.39, 0.29) is 11.4 Å². The van der Waals surface area contributed by atoms with Gasteiger partial charge in [0.1, 0.15) is 11.4 Å². The van der Waals surface area contributed by atoms with Crippen molar-refractivity contribution in [1.29, 1.82) is 0 Å². The first-order chi connectivity index (χ1) is 14.1. The molecule has 1 N–H and O–H groups in total. The van der Waals surface area contributed by atoms with Gasteiger partial charge in [0.2, 0.25) is 0 Å². The van der Waals surface area contributed by atoms with Crippen molar-refractivity contribution in [1.82, 2.24) is 4.98 Å².